The molecule has 108 valence electrons. The number of benzene rings is 1. The Balaban J connectivity index is 2.02. The molecule has 1 N–H and O–H groups in total. The average molecular weight is 301 g/mol. The van der Waals surface area contributed by atoms with Gasteiger partial charge in [0.15, 0.2) is 5.01 Å². The number of methoxy groups -OCH3 is 1. The van der Waals surface area contributed by atoms with Crippen LogP contribution in [0.5, 0.6) is 5.75 Å². The van der Waals surface area contributed by atoms with Gasteiger partial charge in [0.05, 0.1) is 30.3 Å². The topological polar surface area (TPSA) is 64.9 Å². The Morgan fingerprint density at radius 3 is 2.86 bits per heavy atom. The molecule has 2 aromatic heterocycles. The van der Waals surface area contributed by atoms with Crippen LogP contribution in [-0.2, 0) is 0 Å². The van der Waals surface area contributed by atoms with Gasteiger partial charge in [-0.1, -0.05) is 17.4 Å². The van der Waals surface area contributed by atoms with E-state index in [2.05, 4.69) is 20.6 Å². The highest BCUT2D eigenvalue weighted by atomic mass is 32.1. The van der Waals surface area contributed by atoms with Crippen molar-refractivity contribution in [1.29, 1.82) is 0 Å². The second-order valence-corrected chi connectivity index (χ2v) is 5.40. The maximum Gasteiger partial charge on any atom is 0.205 e. The first-order valence-corrected chi connectivity index (χ1v) is 7.25. The molecule has 0 amide bonds. The lowest BCUT2D eigenvalue weighted by Gasteiger charge is -2.06. The fraction of sp³-hybridized carbons (Fsp3) is 0.214. The van der Waals surface area contributed by atoms with E-state index < -0.39 is 0 Å². The first-order valence-electron chi connectivity index (χ1n) is 6.43. The summed E-state index contributed by atoms with van der Waals surface area (Å²) in [7, 11) is 3.48. The molecular weight excluding hydrogens is 286 g/mol. The first kappa shape index (κ1) is 13.6. The molecule has 6 nitrogen and oxygen atoms in total. The standard InChI is InChI=1S/C14H15N5OS/c1-9-12(13-17-18-14(15-2)21-13)8-16-19(9)10-5-4-6-11(7-10)20-3/h4-8H,1-3H3,(H,15,18). The van der Waals surface area contributed by atoms with Crippen LogP contribution in [0.25, 0.3) is 16.3 Å². The summed E-state index contributed by atoms with van der Waals surface area (Å²) in [6.07, 6.45) is 1.81. The van der Waals surface area contributed by atoms with Crippen LogP contribution in [0, 0.1) is 6.92 Å². The molecule has 7 heteroatoms. The van der Waals surface area contributed by atoms with Gasteiger partial charge in [-0.3, -0.25) is 0 Å². The summed E-state index contributed by atoms with van der Waals surface area (Å²) >= 11 is 1.50. The number of hydrogen-bond acceptors (Lipinski definition) is 6. The Morgan fingerprint density at radius 2 is 2.14 bits per heavy atom. The predicted octanol–water partition coefficient (Wildman–Crippen LogP) is 2.75. The molecule has 0 fully saturated rings. The monoisotopic (exact) mass is 301 g/mol. The van der Waals surface area contributed by atoms with Crippen molar-refractivity contribution in [2.45, 2.75) is 6.92 Å². The van der Waals surface area contributed by atoms with Crippen molar-refractivity contribution < 1.29 is 4.74 Å². The fourth-order valence-electron chi connectivity index (χ4n) is 2.06. The van der Waals surface area contributed by atoms with Crippen LogP contribution in [0.3, 0.4) is 0 Å². The van der Waals surface area contributed by atoms with Crippen molar-refractivity contribution in [2.75, 3.05) is 19.5 Å². The molecule has 0 spiro atoms. The van der Waals surface area contributed by atoms with Gasteiger partial charge in [-0.15, -0.1) is 10.2 Å². The molecule has 0 radical (unpaired) electrons. The molecule has 0 unspecified atom stereocenters. The minimum Gasteiger partial charge on any atom is -0.497 e. The van der Waals surface area contributed by atoms with Gasteiger partial charge in [0.1, 0.15) is 5.75 Å². The fourth-order valence-corrected chi connectivity index (χ4v) is 2.81. The normalized spacial score (nSPS) is 10.6. The van der Waals surface area contributed by atoms with Gasteiger partial charge in [0.25, 0.3) is 0 Å². The van der Waals surface area contributed by atoms with Gasteiger partial charge < -0.3 is 10.1 Å². The van der Waals surface area contributed by atoms with Gasteiger partial charge in [-0.2, -0.15) is 5.10 Å². The van der Waals surface area contributed by atoms with Gasteiger partial charge in [0, 0.05) is 13.1 Å². The summed E-state index contributed by atoms with van der Waals surface area (Å²) in [5, 5.41) is 17.3. The van der Waals surface area contributed by atoms with E-state index in [1.165, 1.54) is 11.3 Å². The Hall–Kier alpha value is -2.41. The largest absolute Gasteiger partial charge is 0.497 e. The lowest BCUT2D eigenvalue weighted by molar-refractivity contribution is 0.414. The molecule has 21 heavy (non-hydrogen) atoms. The highest BCUT2D eigenvalue weighted by Gasteiger charge is 2.14. The van der Waals surface area contributed by atoms with Gasteiger partial charge in [-0.05, 0) is 19.1 Å². The van der Waals surface area contributed by atoms with E-state index in [0.29, 0.717) is 0 Å². The van der Waals surface area contributed by atoms with Crippen LogP contribution in [0.1, 0.15) is 5.69 Å². The van der Waals surface area contributed by atoms with E-state index in [1.807, 2.05) is 49.1 Å². The van der Waals surface area contributed by atoms with Gasteiger partial charge in [0.2, 0.25) is 5.13 Å². The number of nitrogens with zero attached hydrogens (tertiary/aromatic N) is 4. The number of rotatable bonds is 4. The summed E-state index contributed by atoms with van der Waals surface area (Å²) in [6, 6.07) is 7.79. The number of aromatic nitrogens is 4. The SMILES string of the molecule is CNc1nnc(-c2cnn(-c3cccc(OC)c3)c2C)s1. The lowest BCUT2D eigenvalue weighted by Crippen LogP contribution is -1.99. The number of anilines is 1. The molecule has 0 atom stereocenters. The smallest absolute Gasteiger partial charge is 0.205 e. The second-order valence-electron chi connectivity index (χ2n) is 4.42. The van der Waals surface area contributed by atoms with E-state index in [-0.39, 0.29) is 0 Å². The van der Waals surface area contributed by atoms with Crippen LogP contribution in [0.15, 0.2) is 30.5 Å². The maximum absolute atomic E-state index is 5.26. The Labute approximate surface area is 126 Å². The van der Waals surface area contributed by atoms with Crippen molar-refractivity contribution in [3.63, 3.8) is 0 Å². The minimum atomic E-state index is 0.790. The molecule has 3 rings (SSSR count). The van der Waals surface area contributed by atoms with Crippen LogP contribution in [0.4, 0.5) is 5.13 Å². The Kier molecular flexibility index (Phi) is 3.57. The van der Waals surface area contributed by atoms with Crippen molar-refractivity contribution >= 4 is 16.5 Å². The maximum atomic E-state index is 5.26. The van der Waals surface area contributed by atoms with E-state index in [9.17, 15) is 0 Å². The van der Waals surface area contributed by atoms with Crippen LogP contribution >= 0.6 is 11.3 Å². The second kappa shape index (κ2) is 5.53. The van der Waals surface area contributed by atoms with Gasteiger partial charge >= 0.3 is 0 Å². The highest BCUT2D eigenvalue weighted by molar-refractivity contribution is 7.18. The molecule has 2 heterocycles. The quantitative estimate of drug-likeness (QED) is 0.802. The molecule has 0 bridgehead atoms. The summed E-state index contributed by atoms with van der Waals surface area (Å²) < 4.78 is 7.13. The number of ether oxygens (including phenoxy) is 1. The van der Waals surface area contributed by atoms with E-state index >= 15 is 0 Å². The lowest BCUT2D eigenvalue weighted by atomic mass is 10.2. The molecular formula is C14H15N5OS. The molecule has 0 saturated heterocycles. The predicted molar refractivity (Wildman–Crippen MR) is 83.3 cm³/mol. The summed E-state index contributed by atoms with van der Waals surface area (Å²) in [4.78, 5) is 0. The summed E-state index contributed by atoms with van der Waals surface area (Å²) in [5.41, 5.74) is 2.95. The number of hydrogen-bond donors (Lipinski definition) is 1. The Bertz CT molecular complexity index is 764. The van der Waals surface area contributed by atoms with Crippen molar-refractivity contribution in [3.8, 4) is 22.0 Å². The van der Waals surface area contributed by atoms with Gasteiger partial charge in [-0.25, -0.2) is 4.68 Å². The zero-order chi connectivity index (χ0) is 14.8. The zero-order valence-corrected chi connectivity index (χ0v) is 12.8. The molecule has 3 aromatic rings. The van der Waals surface area contributed by atoms with E-state index in [4.69, 9.17) is 4.74 Å². The van der Waals surface area contributed by atoms with Crippen LogP contribution < -0.4 is 10.1 Å². The molecule has 0 aliphatic rings. The zero-order valence-electron chi connectivity index (χ0n) is 12.0. The third-order valence-electron chi connectivity index (χ3n) is 3.18. The highest BCUT2D eigenvalue weighted by Crippen LogP contribution is 2.30. The third kappa shape index (κ3) is 2.47. The van der Waals surface area contributed by atoms with Crippen LogP contribution in [-0.4, -0.2) is 34.1 Å². The van der Waals surface area contributed by atoms with E-state index in [1.54, 1.807) is 7.11 Å². The average Bonchev–Trinajstić information content (AvgIpc) is 3.13. The molecule has 1 aromatic carbocycles. The van der Waals surface area contributed by atoms with Crippen LogP contribution in [0.2, 0.25) is 0 Å². The van der Waals surface area contributed by atoms with Crippen molar-refractivity contribution in [2.24, 2.45) is 0 Å². The minimum absolute atomic E-state index is 0.790. The van der Waals surface area contributed by atoms with Crippen molar-refractivity contribution in [1.82, 2.24) is 20.0 Å². The van der Waals surface area contributed by atoms with Crippen molar-refractivity contribution in [3.05, 3.63) is 36.2 Å². The molecule has 0 aliphatic heterocycles. The van der Waals surface area contributed by atoms with E-state index in [0.717, 1.165) is 32.8 Å². The summed E-state index contributed by atoms with van der Waals surface area (Å²) in [5.74, 6) is 0.803. The Morgan fingerprint density at radius 1 is 1.29 bits per heavy atom. The third-order valence-corrected chi connectivity index (χ3v) is 4.15. The molecule has 0 saturated carbocycles. The first-order chi connectivity index (χ1) is 10.2. The number of nitrogens with one attached hydrogen (secondary N) is 1. The molecule has 0 aliphatic carbocycles. The summed E-state index contributed by atoms with van der Waals surface area (Å²) in [6.45, 7) is 2.02.